The average Bonchev–Trinajstić information content (AvgIpc) is 3.36. The summed E-state index contributed by atoms with van der Waals surface area (Å²) in [6.45, 7) is 0.482. The Kier molecular flexibility index (Phi) is 4.53. The van der Waals surface area contributed by atoms with E-state index in [4.69, 9.17) is 16.3 Å². The zero-order valence-electron chi connectivity index (χ0n) is 12.5. The van der Waals surface area contributed by atoms with Crippen LogP contribution in [0.5, 0.6) is 5.75 Å². The van der Waals surface area contributed by atoms with Gasteiger partial charge in [-0.2, -0.15) is 0 Å². The molecular weight excluding hydrogens is 317 g/mol. The lowest BCUT2D eigenvalue weighted by Crippen LogP contribution is -2.35. The van der Waals surface area contributed by atoms with Crippen LogP contribution in [-0.4, -0.2) is 19.1 Å². The summed E-state index contributed by atoms with van der Waals surface area (Å²) >= 11 is 5.67. The number of halogens is 2. The van der Waals surface area contributed by atoms with Gasteiger partial charge >= 0.3 is 0 Å². The summed E-state index contributed by atoms with van der Waals surface area (Å²) in [4.78, 5) is 11.9. The van der Waals surface area contributed by atoms with E-state index >= 15 is 0 Å². The summed E-state index contributed by atoms with van der Waals surface area (Å²) in [6, 6.07) is 14.2. The van der Waals surface area contributed by atoms with Crippen molar-refractivity contribution in [2.24, 2.45) is 0 Å². The molecule has 2 aromatic rings. The molecule has 1 aliphatic rings. The topological polar surface area (TPSA) is 38.3 Å². The third kappa shape index (κ3) is 3.82. The van der Waals surface area contributed by atoms with Crippen molar-refractivity contribution in [3.05, 3.63) is 64.9 Å². The molecule has 0 heterocycles. The van der Waals surface area contributed by atoms with Crippen molar-refractivity contribution in [3.8, 4) is 5.75 Å². The zero-order valence-corrected chi connectivity index (χ0v) is 13.3. The van der Waals surface area contributed by atoms with E-state index in [0.29, 0.717) is 12.3 Å². The monoisotopic (exact) mass is 333 g/mol. The summed E-state index contributed by atoms with van der Waals surface area (Å²) in [7, 11) is 0. The molecule has 0 aromatic heterocycles. The van der Waals surface area contributed by atoms with Gasteiger partial charge in [-0.1, -0.05) is 41.9 Å². The van der Waals surface area contributed by atoms with Crippen molar-refractivity contribution < 1.29 is 13.9 Å². The van der Waals surface area contributed by atoms with Gasteiger partial charge in [0.1, 0.15) is 11.6 Å². The maximum Gasteiger partial charge on any atom is 0.257 e. The Hall–Kier alpha value is -2.07. The highest BCUT2D eigenvalue weighted by Crippen LogP contribution is 2.47. The lowest BCUT2D eigenvalue weighted by molar-refractivity contribution is -0.123. The van der Waals surface area contributed by atoms with Crippen molar-refractivity contribution in [2.45, 2.75) is 18.3 Å². The standard InChI is InChI=1S/C18H17ClFNO2/c19-15-10-14(6-7-16(15)20)23-11-17(22)21-12-18(8-9-18)13-4-2-1-3-5-13/h1-7,10H,8-9,11-12H2,(H,21,22). The minimum atomic E-state index is -0.512. The first-order chi connectivity index (χ1) is 11.1. The van der Waals surface area contributed by atoms with Crippen molar-refractivity contribution in [1.82, 2.24) is 5.32 Å². The summed E-state index contributed by atoms with van der Waals surface area (Å²) in [5.74, 6) is -0.342. The van der Waals surface area contributed by atoms with Gasteiger partial charge in [-0.05, 0) is 30.5 Å². The molecule has 0 aliphatic heterocycles. The van der Waals surface area contributed by atoms with Gasteiger partial charge in [0.25, 0.3) is 5.91 Å². The number of nitrogens with one attached hydrogen (secondary N) is 1. The minimum Gasteiger partial charge on any atom is -0.484 e. The van der Waals surface area contributed by atoms with Gasteiger partial charge in [0.15, 0.2) is 6.61 Å². The molecule has 1 aliphatic carbocycles. The van der Waals surface area contributed by atoms with Gasteiger partial charge in [0, 0.05) is 18.0 Å². The van der Waals surface area contributed by atoms with Crippen molar-refractivity contribution in [1.29, 1.82) is 0 Å². The highest BCUT2D eigenvalue weighted by atomic mass is 35.5. The minimum absolute atomic E-state index is 0.0241. The second kappa shape index (κ2) is 6.59. The number of carbonyl (C=O) groups excluding carboxylic acids is 1. The van der Waals surface area contributed by atoms with E-state index in [2.05, 4.69) is 17.4 Å². The van der Waals surface area contributed by atoms with Crippen LogP contribution in [0, 0.1) is 5.82 Å². The van der Waals surface area contributed by atoms with Gasteiger partial charge in [0.05, 0.1) is 5.02 Å². The first-order valence-electron chi connectivity index (χ1n) is 7.49. The third-order valence-corrected chi connectivity index (χ3v) is 4.41. The maximum absolute atomic E-state index is 13.1. The SMILES string of the molecule is O=C(COc1ccc(F)c(Cl)c1)NCC1(c2ccccc2)CC1. The molecule has 0 bridgehead atoms. The Balaban J connectivity index is 1.49. The third-order valence-electron chi connectivity index (χ3n) is 4.12. The molecular formula is C18H17ClFNO2. The van der Waals surface area contributed by atoms with Gasteiger partial charge in [-0.3, -0.25) is 4.79 Å². The predicted molar refractivity (Wildman–Crippen MR) is 87.3 cm³/mol. The highest BCUT2D eigenvalue weighted by molar-refractivity contribution is 6.30. The molecule has 1 saturated carbocycles. The van der Waals surface area contributed by atoms with Crippen LogP contribution in [0.25, 0.3) is 0 Å². The van der Waals surface area contributed by atoms with Crippen molar-refractivity contribution in [2.75, 3.05) is 13.2 Å². The lowest BCUT2D eigenvalue weighted by Gasteiger charge is -2.16. The average molecular weight is 334 g/mol. The largest absolute Gasteiger partial charge is 0.484 e. The molecule has 1 N–H and O–H groups in total. The Morgan fingerprint density at radius 3 is 2.61 bits per heavy atom. The molecule has 0 unspecified atom stereocenters. The Morgan fingerprint density at radius 2 is 1.96 bits per heavy atom. The summed E-state index contributed by atoms with van der Waals surface area (Å²) in [5, 5.41) is 2.89. The number of hydrogen-bond acceptors (Lipinski definition) is 2. The second-order valence-corrected chi connectivity index (χ2v) is 6.19. The molecule has 5 heteroatoms. The van der Waals surface area contributed by atoms with Gasteiger partial charge < -0.3 is 10.1 Å². The smallest absolute Gasteiger partial charge is 0.257 e. The molecule has 1 amide bonds. The van der Waals surface area contributed by atoms with Crippen molar-refractivity contribution in [3.63, 3.8) is 0 Å². The Morgan fingerprint density at radius 1 is 1.22 bits per heavy atom. The fraction of sp³-hybridized carbons (Fsp3) is 0.278. The molecule has 0 spiro atoms. The van der Waals surface area contributed by atoms with E-state index in [0.717, 1.165) is 12.8 Å². The molecule has 0 saturated heterocycles. The van der Waals surface area contributed by atoms with Crippen LogP contribution in [-0.2, 0) is 10.2 Å². The van der Waals surface area contributed by atoms with E-state index in [9.17, 15) is 9.18 Å². The lowest BCUT2D eigenvalue weighted by atomic mass is 9.96. The molecule has 120 valence electrons. The first-order valence-corrected chi connectivity index (χ1v) is 7.87. The van der Waals surface area contributed by atoms with Crippen LogP contribution in [0.3, 0.4) is 0 Å². The molecule has 23 heavy (non-hydrogen) atoms. The van der Waals surface area contributed by atoms with Crippen LogP contribution in [0.4, 0.5) is 4.39 Å². The van der Waals surface area contributed by atoms with Gasteiger partial charge in [-0.15, -0.1) is 0 Å². The van der Waals surface area contributed by atoms with Crippen LogP contribution in [0.1, 0.15) is 18.4 Å². The van der Waals surface area contributed by atoms with Crippen LogP contribution >= 0.6 is 11.6 Å². The molecule has 0 atom stereocenters. The molecule has 3 rings (SSSR count). The van der Waals surface area contributed by atoms with Crippen LogP contribution in [0.15, 0.2) is 48.5 Å². The first kappa shape index (κ1) is 15.8. The quantitative estimate of drug-likeness (QED) is 0.875. The maximum atomic E-state index is 13.1. The fourth-order valence-corrected chi connectivity index (χ4v) is 2.71. The van der Waals surface area contributed by atoms with Crippen molar-refractivity contribution >= 4 is 17.5 Å². The number of carbonyl (C=O) groups is 1. The summed E-state index contributed by atoms with van der Waals surface area (Å²) in [6.07, 6.45) is 2.15. The molecule has 1 fully saturated rings. The summed E-state index contributed by atoms with van der Waals surface area (Å²) < 4.78 is 18.4. The summed E-state index contributed by atoms with van der Waals surface area (Å²) in [5.41, 5.74) is 1.32. The number of ether oxygens (including phenoxy) is 1. The highest BCUT2D eigenvalue weighted by Gasteiger charge is 2.44. The number of rotatable bonds is 6. The Bertz CT molecular complexity index is 701. The number of benzene rings is 2. The molecule has 2 aromatic carbocycles. The van der Waals surface area contributed by atoms with E-state index in [1.807, 2.05) is 18.2 Å². The second-order valence-electron chi connectivity index (χ2n) is 5.79. The van der Waals surface area contributed by atoms with Gasteiger partial charge in [-0.25, -0.2) is 4.39 Å². The van der Waals surface area contributed by atoms with E-state index in [1.165, 1.54) is 23.8 Å². The van der Waals surface area contributed by atoms with E-state index in [-0.39, 0.29) is 23.0 Å². The fourth-order valence-electron chi connectivity index (χ4n) is 2.54. The predicted octanol–water partition coefficient (Wildman–Crippen LogP) is 3.71. The normalized spacial score (nSPS) is 15.0. The van der Waals surface area contributed by atoms with Gasteiger partial charge in [0.2, 0.25) is 0 Å². The molecule has 0 radical (unpaired) electrons. The van der Waals surface area contributed by atoms with E-state index in [1.54, 1.807) is 0 Å². The van der Waals surface area contributed by atoms with E-state index < -0.39 is 5.82 Å². The molecule has 3 nitrogen and oxygen atoms in total. The van der Waals surface area contributed by atoms with Crippen LogP contribution < -0.4 is 10.1 Å². The number of hydrogen-bond donors (Lipinski definition) is 1. The zero-order chi connectivity index (χ0) is 16.3. The number of amides is 1. The van der Waals surface area contributed by atoms with Crippen LogP contribution in [0.2, 0.25) is 5.02 Å². The Labute approximate surface area is 139 Å².